The zero-order valence-corrected chi connectivity index (χ0v) is 25.2. The van der Waals surface area contributed by atoms with Crippen molar-refractivity contribution in [2.45, 2.75) is 74.5 Å². The van der Waals surface area contributed by atoms with Gasteiger partial charge in [-0.15, -0.1) is 0 Å². The van der Waals surface area contributed by atoms with Gasteiger partial charge in [-0.25, -0.2) is 8.78 Å². The Labute approximate surface area is 255 Å². The van der Waals surface area contributed by atoms with E-state index in [4.69, 9.17) is 0 Å². The van der Waals surface area contributed by atoms with E-state index in [1.54, 1.807) is 38.1 Å². The van der Waals surface area contributed by atoms with Crippen molar-refractivity contribution in [3.05, 3.63) is 70.3 Å². The molecule has 2 amide bonds. The number of rotatable bonds is 3. The Hall–Kier alpha value is -3.14. The van der Waals surface area contributed by atoms with Crippen molar-refractivity contribution in [2.24, 2.45) is 9.98 Å². The van der Waals surface area contributed by atoms with Gasteiger partial charge in [-0.1, -0.05) is 47.8 Å². The maximum atomic E-state index is 13.9. The number of thioether (sulfide) groups is 2. The maximum Gasteiger partial charge on any atom is 0.412 e. The van der Waals surface area contributed by atoms with Crippen LogP contribution in [0.2, 0.25) is 0 Å². The third kappa shape index (κ3) is 6.32. The molecule has 2 aliphatic heterocycles. The Kier molecular flexibility index (Phi) is 9.19. The summed E-state index contributed by atoms with van der Waals surface area (Å²) in [5.74, 6) is -3.21. The number of amides is 2. The van der Waals surface area contributed by atoms with Gasteiger partial charge in [-0.2, -0.15) is 26.3 Å². The Balaban J connectivity index is 0.000000201. The predicted molar refractivity (Wildman–Crippen MR) is 152 cm³/mol. The zero-order valence-electron chi connectivity index (χ0n) is 23.6. The quantitative estimate of drug-likeness (QED) is 0.343. The number of amidine groups is 2. The van der Waals surface area contributed by atoms with Crippen molar-refractivity contribution in [1.29, 1.82) is 0 Å². The van der Waals surface area contributed by atoms with Crippen molar-refractivity contribution in [3.8, 4) is 0 Å². The van der Waals surface area contributed by atoms with Crippen molar-refractivity contribution in [3.63, 3.8) is 0 Å². The fourth-order valence-corrected chi connectivity index (χ4v) is 6.72. The Morgan fingerprint density at radius 2 is 1.39 bits per heavy atom. The summed E-state index contributed by atoms with van der Waals surface area (Å²) in [6.07, 6.45) is -8.25. The largest absolute Gasteiger partial charge is 0.412 e. The number of carbonyl (C=O) groups excluding carboxylic acids is 2. The van der Waals surface area contributed by atoms with E-state index in [0.29, 0.717) is 53.1 Å². The molecule has 238 valence electrons. The van der Waals surface area contributed by atoms with Crippen LogP contribution in [-0.4, -0.2) is 44.0 Å². The van der Waals surface area contributed by atoms with E-state index < -0.39 is 57.4 Å². The highest BCUT2D eigenvalue weighted by molar-refractivity contribution is 8.16. The highest BCUT2D eigenvalue weighted by Crippen LogP contribution is 2.47. The second kappa shape index (κ2) is 12.0. The molecule has 2 N–H and O–H groups in total. The number of alkyl halides is 6. The Bertz CT molecular complexity index is 1510. The normalized spacial score (nSPS) is 27.6. The van der Waals surface area contributed by atoms with Crippen LogP contribution in [0.25, 0.3) is 0 Å². The molecule has 5 rings (SSSR count). The molecule has 0 saturated carbocycles. The summed E-state index contributed by atoms with van der Waals surface area (Å²) in [5.41, 5.74) is 2.16. The number of halogens is 8. The molecule has 0 aromatic heterocycles. The molecule has 44 heavy (non-hydrogen) atoms. The number of nitrogens with one attached hydrogen (secondary N) is 2. The first kappa shape index (κ1) is 33.7. The first-order chi connectivity index (χ1) is 20.3. The van der Waals surface area contributed by atoms with Crippen LogP contribution in [0.5, 0.6) is 0 Å². The fraction of sp³-hybridized carbons (Fsp3) is 0.429. The van der Waals surface area contributed by atoms with Gasteiger partial charge in [0.05, 0.1) is 12.1 Å². The van der Waals surface area contributed by atoms with Crippen LogP contribution in [0.4, 0.5) is 35.1 Å². The van der Waals surface area contributed by atoms with E-state index >= 15 is 0 Å². The van der Waals surface area contributed by atoms with Crippen LogP contribution in [0.1, 0.15) is 61.5 Å². The van der Waals surface area contributed by atoms with E-state index in [1.165, 1.54) is 12.1 Å². The fourth-order valence-electron chi connectivity index (χ4n) is 4.75. The molecule has 1 aliphatic carbocycles. The highest BCUT2D eigenvalue weighted by atomic mass is 32.2. The lowest BCUT2D eigenvalue weighted by molar-refractivity contribution is -0.167. The number of fused-ring (bicyclic) bond motifs is 1. The minimum atomic E-state index is -4.70. The zero-order chi connectivity index (χ0) is 32.8. The van der Waals surface area contributed by atoms with E-state index in [1.807, 2.05) is 0 Å². The van der Waals surface area contributed by atoms with Gasteiger partial charge in [-0.05, 0) is 63.8 Å². The lowest BCUT2D eigenvalue weighted by Crippen LogP contribution is -2.46. The van der Waals surface area contributed by atoms with Crippen LogP contribution in [0.15, 0.2) is 46.4 Å². The van der Waals surface area contributed by atoms with Crippen molar-refractivity contribution in [1.82, 2.24) is 10.6 Å². The minimum Gasteiger partial charge on any atom is -0.304 e. The highest BCUT2D eigenvalue weighted by Gasteiger charge is 2.62. The van der Waals surface area contributed by atoms with Gasteiger partial charge in [0, 0.05) is 11.1 Å². The van der Waals surface area contributed by atoms with Gasteiger partial charge in [0.15, 0.2) is 19.8 Å². The molecular weight excluding hydrogens is 640 g/mol. The lowest BCUT2D eigenvalue weighted by atomic mass is 10.0. The summed E-state index contributed by atoms with van der Waals surface area (Å²) in [6, 6.07) is 7.90. The monoisotopic (exact) mass is 666 g/mol. The van der Waals surface area contributed by atoms with E-state index in [-0.39, 0.29) is 10.3 Å². The molecule has 3 aliphatic rings. The van der Waals surface area contributed by atoms with Gasteiger partial charge < -0.3 is 10.6 Å². The molecule has 0 spiro atoms. The summed E-state index contributed by atoms with van der Waals surface area (Å²) in [4.78, 5) is 31.4. The summed E-state index contributed by atoms with van der Waals surface area (Å²) < 4.78 is 100. The molecule has 4 atom stereocenters. The molecule has 2 unspecified atom stereocenters. The van der Waals surface area contributed by atoms with Gasteiger partial charge >= 0.3 is 12.4 Å². The summed E-state index contributed by atoms with van der Waals surface area (Å²) in [5, 5.41) is 4.02. The number of nitrogens with zero attached hydrogens (tertiary/aromatic N) is 2. The predicted octanol–water partition coefficient (Wildman–Crippen LogP) is 7.09. The third-order valence-electron chi connectivity index (χ3n) is 7.43. The number of hydrogen-bond acceptors (Lipinski definition) is 6. The third-order valence-corrected chi connectivity index (χ3v) is 9.88. The van der Waals surface area contributed by atoms with Crippen molar-refractivity contribution in [2.75, 3.05) is 0 Å². The number of benzene rings is 2. The molecule has 2 heterocycles. The van der Waals surface area contributed by atoms with Crippen molar-refractivity contribution < 1.29 is 44.7 Å². The van der Waals surface area contributed by atoms with Crippen LogP contribution >= 0.6 is 23.5 Å². The van der Waals surface area contributed by atoms with Crippen molar-refractivity contribution >= 4 is 45.7 Å². The first-order valence-electron chi connectivity index (χ1n) is 13.1. The van der Waals surface area contributed by atoms with Gasteiger partial charge in [0.2, 0.25) is 0 Å². The minimum absolute atomic E-state index is 0.106. The van der Waals surface area contributed by atoms with Crippen LogP contribution < -0.4 is 10.6 Å². The number of aliphatic imine (C=N–C) groups is 2. The smallest absolute Gasteiger partial charge is 0.304 e. The Morgan fingerprint density at radius 3 is 1.93 bits per heavy atom. The average molecular weight is 667 g/mol. The van der Waals surface area contributed by atoms with Crippen LogP contribution in [-0.2, 0) is 16.0 Å². The average Bonchev–Trinajstić information content (AvgIpc) is 3.53. The topological polar surface area (TPSA) is 82.9 Å². The molecule has 2 saturated heterocycles. The van der Waals surface area contributed by atoms with Gasteiger partial charge in [0.25, 0.3) is 11.8 Å². The number of carbonyl (C=O) groups is 2. The molecular formula is C28H26F8N4O2S2. The molecule has 6 nitrogen and oxygen atoms in total. The number of hydrogen-bond donors (Lipinski definition) is 2. The van der Waals surface area contributed by atoms with Gasteiger partial charge in [0.1, 0.15) is 11.6 Å². The number of aryl methyl sites for hydroxylation is 2. The van der Waals surface area contributed by atoms with Gasteiger partial charge in [-0.3, -0.25) is 19.6 Å². The SMILES string of the molecule is CC1(C(F)(F)F)SC(=N[C@H]2CCc3cccc(F)c32)NC1=O.Cc1cccc(F)c1[C@H](C)N=C1NC(=O)C(C)(C(F)(F)F)S1. The van der Waals surface area contributed by atoms with E-state index in [9.17, 15) is 44.7 Å². The molecule has 0 bridgehead atoms. The molecule has 16 heteroatoms. The molecule has 2 fully saturated rings. The maximum absolute atomic E-state index is 13.9. The first-order valence-corrected chi connectivity index (χ1v) is 14.7. The summed E-state index contributed by atoms with van der Waals surface area (Å²) in [7, 11) is 0. The Morgan fingerprint density at radius 1 is 0.864 bits per heavy atom. The molecule has 2 aromatic rings. The summed E-state index contributed by atoms with van der Waals surface area (Å²) >= 11 is 0.642. The van der Waals surface area contributed by atoms with E-state index in [2.05, 4.69) is 20.6 Å². The molecule has 0 radical (unpaired) electrons. The summed E-state index contributed by atoms with van der Waals surface area (Å²) in [6.45, 7) is 4.87. The molecule has 2 aromatic carbocycles. The second-order valence-electron chi connectivity index (χ2n) is 10.6. The standard InChI is InChI=1S/C14H12F4N2OS.C14H14F4N2OS/c1-13(14(16,17)18)11(21)20-12(22-13)19-9-6-5-7-3-2-4-8(15)10(7)9;1-7-5-4-6-9(15)10(7)8(2)19-12-20-11(21)13(3,22-12)14(16,17)18/h2-4,9H,5-6H2,1H3,(H,19,20,21);4-6,8H,1-3H3,(H,19,20,21)/t9-,13?;8-,13?/m00/s1. The van der Waals surface area contributed by atoms with Crippen LogP contribution in [0, 0.1) is 18.6 Å². The van der Waals surface area contributed by atoms with Crippen LogP contribution in [0.3, 0.4) is 0 Å². The lowest BCUT2D eigenvalue weighted by Gasteiger charge is -2.21. The van der Waals surface area contributed by atoms with E-state index in [0.717, 1.165) is 19.4 Å². The second-order valence-corrected chi connectivity index (χ2v) is 13.4.